The molecule has 0 saturated carbocycles. The molecule has 2 fully saturated rings. The molecule has 0 N–H and O–H groups in total. The Kier molecular flexibility index (Phi) is 4.72. The lowest BCUT2D eigenvalue weighted by atomic mass is 9.99. The Morgan fingerprint density at radius 3 is 2.61 bits per heavy atom. The van der Waals surface area contributed by atoms with E-state index in [1.54, 1.807) is 0 Å². The first-order valence-electron chi connectivity index (χ1n) is 7.31. The van der Waals surface area contributed by atoms with E-state index in [1.807, 2.05) is 30.3 Å². The lowest BCUT2D eigenvalue weighted by Crippen LogP contribution is -2.60. The van der Waals surface area contributed by atoms with Crippen molar-refractivity contribution in [2.24, 2.45) is 0 Å². The summed E-state index contributed by atoms with van der Waals surface area (Å²) in [5, 5.41) is 0. The van der Waals surface area contributed by atoms with E-state index in [4.69, 9.17) is 23.7 Å². The van der Waals surface area contributed by atoms with Crippen molar-refractivity contribution < 1.29 is 33.3 Å². The molecule has 1 aromatic rings. The summed E-state index contributed by atoms with van der Waals surface area (Å²) in [7, 11) is 1.38. The van der Waals surface area contributed by atoms with Gasteiger partial charge in [0.15, 0.2) is 12.4 Å². The van der Waals surface area contributed by atoms with Gasteiger partial charge in [0.25, 0.3) is 0 Å². The second kappa shape index (κ2) is 6.76. The van der Waals surface area contributed by atoms with Crippen molar-refractivity contribution in [2.45, 2.75) is 37.8 Å². The zero-order valence-corrected chi connectivity index (χ0v) is 12.8. The highest BCUT2D eigenvalue weighted by Crippen LogP contribution is 2.33. The van der Waals surface area contributed by atoms with E-state index in [0.717, 1.165) is 5.56 Å². The van der Waals surface area contributed by atoms with Gasteiger partial charge in [-0.05, 0) is 0 Å². The Bertz CT molecular complexity index is 573. The van der Waals surface area contributed by atoms with E-state index in [1.165, 1.54) is 14.0 Å². The topological polar surface area (TPSA) is 80.3 Å². The van der Waals surface area contributed by atoms with Gasteiger partial charge in [0, 0.05) is 19.6 Å². The zero-order valence-electron chi connectivity index (χ0n) is 12.8. The van der Waals surface area contributed by atoms with Crippen molar-refractivity contribution in [1.82, 2.24) is 0 Å². The van der Waals surface area contributed by atoms with E-state index in [9.17, 15) is 9.59 Å². The maximum Gasteiger partial charge on any atom is 0.303 e. The average Bonchev–Trinajstić information content (AvgIpc) is 2.57. The molecule has 0 unspecified atom stereocenters. The van der Waals surface area contributed by atoms with Crippen LogP contribution in [0.3, 0.4) is 0 Å². The van der Waals surface area contributed by atoms with Crippen LogP contribution in [0.2, 0.25) is 0 Å². The predicted octanol–water partition coefficient (Wildman–Crippen LogP) is 0.973. The normalized spacial score (nSPS) is 33.8. The number of ether oxygens (including phenoxy) is 5. The molecular weight excluding hydrogens is 304 g/mol. The number of carbonyl (C=O) groups excluding carboxylic acids is 2. The van der Waals surface area contributed by atoms with Crippen LogP contribution >= 0.6 is 0 Å². The summed E-state index contributed by atoms with van der Waals surface area (Å²) in [5.74, 6) is -0.966. The van der Waals surface area contributed by atoms with Gasteiger partial charge in [-0.1, -0.05) is 30.3 Å². The highest BCUT2D eigenvalue weighted by molar-refractivity contribution is 5.90. The lowest BCUT2D eigenvalue weighted by molar-refractivity contribution is -0.314. The number of rotatable bonds is 3. The van der Waals surface area contributed by atoms with Gasteiger partial charge in [-0.3, -0.25) is 9.59 Å². The van der Waals surface area contributed by atoms with E-state index in [0.29, 0.717) is 0 Å². The first kappa shape index (κ1) is 16.1. The molecule has 3 rings (SSSR count). The summed E-state index contributed by atoms with van der Waals surface area (Å²) in [4.78, 5) is 23.8. The van der Waals surface area contributed by atoms with E-state index >= 15 is 0 Å². The summed E-state index contributed by atoms with van der Waals surface area (Å²) in [5.41, 5.74) is 0.802. The van der Waals surface area contributed by atoms with Crippen LogP contribution in [0.4, 0.5) is 0 Å². The Morgan fingerprint density at radius 2 is 1.96 bits per heavy atom. The molecule has 0 aliphatic carbocycles. The van der Waals surface area contributed by atoms with Gasteiger partial charge in [0.1, 0.15) is 6.10 Å². The minimum absolute atomic E-state index is 0.183. The third-order valence-corrected chi connectivity index (χ3v) is 3.73. The molecule has 2 aliphatic heterocycles. The molecular formula is C16H18O7. The summed E-state index contributed by atoms with van der Waals surface area (Å²) in [6.45, 7) is 1.41. The third-order valence-electron chi connectivity index (χ3n) is 3.73. The monoisotopic (exact) mass is 322 g/mol. The molecule has 124 valence electrons. The Labute approximate surface area is 133 Å². The number of carbonyl (C=O) groups is 2. The van der Waals surface area contributed by atoms with Gasteiger partial charge in [-0.2, -0.15) is 0 Å². The van der Waals surface area contributed by atoms with Crippen LogP contribution in [0.15, 0.2) is 30.3 Å². The maximum absolute atomic E-state index is 12.6. The van der Waals surface area contributed by atoms with E-state index in [2.05, 4.69) is 0 Å². The summed E-state index contributed by atoms with van der Waals surface area (Å²) in [6, 6.07) is 9.29. The van der Waals surface area contributed by atoms with Crippen LogP contribution in [0.5, 0.6) is 0 Å². The van der Waals surface area contributed by atoms with Gasteiger partial charge in [0.05, 0.1) is 6.61 Å². The minimum Gasteiger partial charge on any atom is -0.449 e. The fourth-order valence-corrected chi connectivity index (χ4v) is 2.69. The van der Waals surface area contributed by atoms with Crippen molar-refractivity contribution in [1.29, 1.82) is 0 Å². The molecule has 2 saturated heterocycles. The predicted molar refractivity (Wildman–Crippen MR) is 76.2 cm³/mol. The smallest absolute Gasteiger partial charge is 0.303 e. The number of benzene rings is 1. The fraction of sp³-hybridized carbons (Fsp3) is 0.500. The molecule has 2 heterocycles. The molecule has 0 spiro atoms. The van der Waals surface area contributed by atoms with Crippen LogP contribution in [0.25, 0.3) is 0 Å². The molecule has 0 amide bonds. The number of ketones is 1. The Hall–Kier alpha value is -1.80. The molecule has 1 aromatic carbocycles. The number of methoxy groups -OCH3 is 1. The van der Waals surface area contributed by atoms with Gasteiger partial charge >= 0.3 is 5.97 Å². The molecule has 0 aromatic heterocycles. The number of Topliss-reactive ketones (excluding diaryl/α,β-unsaturated/α-hetero) is 1. The first-order valence-corrected chi connectivity index (χ1v) is 7.31. The van der Waals surface area contributed by atoms with Gasteiger partial charge in [-0.25, -0.2) is 0 Å². The molecule has 5 atom stereocenters. The first-order chi connectivity index (χ1) is 11.1. The Morgan fingerprint density at radius 1 is 1.22 bits per heavy atom. The molecule has 23 heavy (non-hydrogen) atoms. The zero-order chi connectivity index (χ0) is 16.4. The lowest BCUT2D eigenvalue weighted by Gasteiger charge is -2.42. The van der Waals surface area contributed by atoms with Crippen LogP contribution in [-0.2, 0) is 33.3 Å². The van der Waals surface area contributed by atoms with Crippen LogP contribution in [0, 0.1) is 0 Å². The SMILES string of the molecule is CO[C@H]1O[C@@H]2CO[C@@H](c3ccccc3)O[C@H]2C(=O)[C@H]1OC(C)=O. The summed E-state index contributed by atoms with van der Waals surface area (Å²) >= 11 is 0. The van der Waals surface area contributed by atoms with Gasteiger partial charge in [-0.15, -0.1) is 0 Å². The minimum atomic E-state index is -1.15. The van der Waals surface area contributed by atoms with E-state index < -0.39 is 36.9 Å². The quantitative estimate of drug-likeness (QED) is 0.767. The highest BCUT2D eigenvalue weighted by Gasteiger charge is 2.51. The van der Waals surface area contributed by atoms with Crippen molar-refractivity contribution in [2.75, 3.05) is 13.7 Å². The van der Waals surface area contributed by atoms with Crippen molar-refractivity contribution in [3.63, 3.8) is 0 Å². The second-order valence-electron chi connectivity index (χ2n) is 5.34. The van der Waals surface area contributed by atoms with Crippen LogP contribution < -0.4 is 0 Å². The highest BCUT2D eigenvalue weighted by atomic mass is 16.8. The molecule has 7 nitrogen and oxygen atoms in total. The van der Waals surface area contributed by atoms with E-state index in [-0.39, 0.29) is 12.4 Å². The molecule has 2 aliphatic rings. The van der Waals surface area contributed by atoms with Crippen molar-refractivity contribution >= 4 is 11.8 Å². The fourth-order valence-electron chi connectivity index (χ4n) is 2.69. The van der Waals surface area contributed by atoms with Crippen molar-refractivity contribution in [3.8, 4) is 0 Å². The molecule has 0 bridgehead atoms. The summed E-state index contributed by atoms with van der Waals surface area (Å²) < 4.78 is 27.2. The standard InChI is InChI=1S/C16H18O7/c1-9(17)21-14-12(18)13-11(22-16(14)19-2)8-20-15(23-13)10-6-4-3-5-7-10/h3-7,11,13-16H,8H2,1-2H3/t11-,13-,14-,15-,16+/m1/s1. The third kappa shape index (κ3) is 3.28. The number of esters is 1. The largest absolute Gasteiger partial charge is 0.449 e. The Balaban J connectivity index is 1.77. The van der Waals surface area contributed by atoms with Gasteiger partial charge in [0.2, 0.25) is 18.2 Å². The van der Waals surface area contributed by atoms with Crippen LogP contribution in [0.1, 0.15) is 18.8 Å². The van der Waals surface area contributed by atoms with Gasteiger partial charge < -0.3 is 23.7 Å². The number of fused-ring (bicyclic) bond motifs is 1. The number of hydrogen-bond donors (Lipinski definition) is 0. The molecule has 0 radical (unpaired) electrons. The number of hydrogen-bond acceptors (Lipinski definition) is 7. The second-order valence-corrected chi connectivity index (χ2v) is 5.34. The summed E-state index contributed by atoms with van der Waals surface area (Å²) in [6.07, 6.45) is -4.24. The van der Waals surface area contributed by atoms with Crippen molar-refractivity contribution in [3.05, 3.63) is 35.9 Å². The molecule has 7 heteroatoms. The average molecular weight is 322 g/mol. The maximum atomic E-state index is 12.6. The van der Waals surface area contributed by atoms with Crippen LogP contribution in [-0.4, -0.2) is 50.1 Å².